The van der Waals surface area contributed by atoms with E-state index in [0.29, 0.717) is 0 Å². The maximum atomic E-state index is 11.8. The second-order valence-electron chi connectivity index (χ2n) is 1.37. The van der Waals surface area contributed by atoms with Crippen LogP contribution in [0.4, 0.5) is 13.2 Å². The summed E-state index contributed by atoms with van der Waals surface area (Å²) in [6.45, 7) is 2.22. The van der Waals surface area contributed by atoms with Crippen LogP contribution in [-0.2, 0) is 4.65 Å². The van der Waals surface area contributed by atoms with Crippen LogP contribution in [0.25, 0.3) is 0 Å². The van der Waals surface area contributed by atoms with Crippen molar-refractivity contribution in [2.45, 2.75) is 6.11 Å². The Hall–Kier alpha value is -0.525. The summed E-state index contributed by atoms with van der Waals surface area (Å²) in [6.07, 6.45) is -4.34. The molecule has 0 aliphatic heterocycles. The fraction of sp³-hybridized carbons (Fsp3) is 0.333. The quantitative estimate of drug-likeness (QED) is 0.567. The zero-order valence-corrected chi connectivity index (χ0v) is 4.72. The molecule has 0 amide bonds. The summed E-state index contributed by atoms with van der Waals surface area (Å²) in [6, 6.07) is 0. The minimum atomic E-state index is -4.34. The molecule has 0 unspecified atom stereocenters. The number of alkyl halides is 2. The van der Waals surface area contributed by atoms with Crippen LogP contribution in [0, 0.1) is 0 Å². The molecule has 0 saturated carbocycles. The average molecular weight is 156 g/mol. The predicted molar refractivity (Wildman–Crippen MR) is 26.5 cm³/mol. The first kappa shape index (κ1) is 9.47. The second-order valence-corrected chi connectivity index (χ2v) is 1.37. The highest BCUT2D eigenvalue weighted by molar-refractivity contribution is 6.32. The van der Waals surface area contributed by atoms with Crippen molar-refractivity contribution in [2.75, 3.05) is 0 Å². The van der Waals surface area contributed by atoms with Gasteiger partial charge in [0.2, 0.25) is 0 Å². The van der Waals surface area contributed by atoms with Gasteiger partial charge in [0.1, 0.15) is 0 Å². The molecular weight excluding hydrogens is 152 g/mol. The van der Waals surface area contributed by atoms with Crippen LogP contribution in [-0.4, -0.2) is 23.5 Å². The number of hydrogen-bond acceptors (Lipinski definition) is 3. The minimum Gasteiger partial charge on any atom is -0.402 e. The summed E-state index contributed by atoms with van der Waals surface area (Å²) >= 11 is 0. The molecule has 0 rings (SSSR count). The molecule has 0 saturated heterocycles. The third-order valence-corrected chi connectivity index (χ3v) is 0.569. The van der Waals surface area contributed by atoms with E-state index in [-0.39, 0.29) is 0 Å². The Balaban J connectivity index is 4.00. The van der Waals surface area contributed by atoms with Gasteiger partial charge in [0.05, 0.1) is 0 Å². The molecule has 0 aromatic heterocycles. The van der Waals surface area contributed by atoms with Crippen LogP contribution in [0.1, 0.15) is 0 Å². The number of rotatable bonds is 3. The fourth-order valence-electron chi connectivity index (χ4n) is 0.196. The Labute approximate surface area is 54.9 Å². The van der Waals surface area contributed by atoms with Gasteiger partial charge in [0.25, 0.3) is 0 Å². The third-order valence-electron chi connectivity index (χ3n) is 0.569. The normalized spacial score (nSPS) is 11.3. The topological polar surface area (TPSA) is 49.7 Å². The van der Waals surface area contributed by atoms with E-state index in [4.69, 9.17) is 10.0 Å². The first-order chi connectivity index (χ1) is 4.36. The monoisotopic (exact) mass is 156 g/mol. The van der Waals surface area contributed by atoms with E-state index >= 15 is 0 Å². The van der Waals surface area contributed by atoms with Crippen molar-refractivity contribution in [3.05, 3.63) is 12.4 Å². The van der Waals surface area contributed by atoms with Crippen molar-refractivity contribution in [2.24, 2.45) is 0 Å². The SMILES string of the molecule is C=C(F)C(F)(F)OB(O)O. The minimum absolute atomic E-state index is 2.08. The van der Waals surface area contributed by atoms with Gasteiger partial charge >= 0.3 is 13.4 Å². The van der Waals surface area contributed by atoms with Crippen molar-refractivity contribution in [3.8, 4) is 0 Å². The molecule has 0 atom stereocenters. The summed E-state index contributed by atoms with van der Waals surface area (Å²) in [4.78, 5) is 0. The molecule has 7 heteroatoms. The highest BCUT2D eigenvalue weighted by Crippen LogP contribution is 2.24. The third kappa shape index (κ3) is 2.86. The van der Waals surface area contributed by atoms with Crippen LogP contribution in [0.3, 0.4) is 0 Å². The van der Waals surface area contributed by atoms with Gasteiger partial charge in [-0.2, -0.15) is 8.78 Å². The van der Waals surface area contributed by atoms with Crippen molar-refractivity contribution in [1.29, 1.82) is 0 Å². The molecule has 0 aromatic rings. The van der Waals surface area contributed by atoms with Gasteiger partial charge in [0.15, 0.2) is 5.83 Å². The number of halogens is 3. The molecule has 0 heterocycles. The molecule has 0 radical (unpaired) electrons. The Morgan fingerprint density at radius 2 is 1.90 bits per heavy atom. The van der Waals surface area contributed by atoms with E-state index in [2.05, 4.69) is 11.2 Å². The lowest BCUT2D eigenvalue weighted by atomic mass is 10.2. The fourth-order valence-corrected chi connectivity index (χ4v) is 0.196. The molecule has 0 aliphatic rings. The van der Waals surface area contributed by atoms with Gasteiger partial charge in [0, 0.05) is 0 Å². The lowest BCUT2D eigenvalue weighted by Crippen LogP contribution is -2.31. The molecule has 0 fully saturated rings. The van der Waals surface area contributed by atoms with E-state index in [9.17, 15) is 13.2 Å². The highest BCUT2D eigenvalue weighted by Gasteiger charge is 2.39. The van der Waals surface area contributed by atoms with Gasteiger partial charge in [-0.1, -0.05) is 6.58 Å². The molecule has 0 bridgehead atoms. The van der Waals surface area contributed by atoms with E-state index in [1.54, 1.807) is 0 Å². The van der Waals surface area contributed by atoms with E-state index < -0.39 is 19.3 Å². The van der Waals surface area contributed by atoms with Crippen molar-refractivity contribution < 1.29 is 27.9 Å². The maximum absolute atomic E-state index is 11.8. The molecular formula is C3H4BF3O3. The summed E-state index contributed by atoms with van der Waals surface area (Å²) < 4.78 is 38.1. The zero-order valence-electron chi connectivity index (χ0n) is 4.72. The Morgan fingerprint density at radius 3 is 2.00 bits per heavy atom. The van der Waals surface area contributed by atoms with Gasteiger partial charge in [-0.25, -0.2) is 4.39 Å². The Bertz CT molecular complexity index is 137. The van der Waals surface area contributed by atoms with Crippen LogP contribution in [0.5, 0.6) is 0 Å². The van der Waals surface area contributed by atoms with Crippen LogP contribution in [0.15, 0.2) is 12.4 Å². The molecule has 3 nitrogen and oxygen atoms in total. The van der Waals surface area contributed by atoms with Crippen LogP contribution >= 0.6 is 0 Å². The summed E-state index contributed by atoms with van der Waals surface area (Å²) in [7, 11) is -2.72. The van der Waals surface area contributed by atoms with Crippen LogP contribution < -0.4 is 0 Å². The first-order valence-electron chi connectivity index (χ1n) is 2.13. The van der Waals surface area contributed by atoms with Crippen LogP contribution in [0.2, 0.25) is 0 Å². The Kier molecular flexibility index (Phi) is 2.88. The second kappa shape index (κ2) is 3.04. The summed E-state index contributed by atoms with van der Waals surface area (Å²) in [5.41, 5.74) is 0. The van der Waals surface area contributed by atoms with Crippen molar-refractivity contribution in [1.82, 2.24) is 0 Å². The lowest BCUT2D eigenvalue weighted by Gasteiger charge is -2.12. The van der Waals surface area contributed by atoms with Gasteiger partial charge < -0.3 is 14.7 Å². The molecule has 2 N–H and O–H groups in total. The smallest absolute Gasteiger partial charge is 0.402 e. The van der Waals surface area contributed by atoms with Gasteiger partial charge in [-0.15, -0.1) is 0 Å². The lowest BCUT2D eigenvalue weighted by molar-refractivity contribution is -0.175. The predicted octanol–water partition coefficient (Wildman–Crippen LogP) is 0.0485. The van der Waals surface area contributed by atoms with E-state index in [1.807, 2.05) is 0 Å². The molecule has 58 valence electrons. The number of hydrogen-bond donors (Lipinski definition) is 2. The van der Waals surface area contributed by atoms with E-state index in [1.165, 1.54) is 0 Å². The molecule has 0 aromatic carbocycles. The molecule has 0 spiro atoms. The summed E-state index contributed by atoms with van der Waals surface area (Å²) in [5, 5.41) is 15.6. The first-order valence-corrected chi connectivity index (χ1v) is 2.13. The Morgan fingerprint density at radius 1 is 1.50 bits per heavy atom. The molecule has 0 aliphatic carbocycles. The van der Waals surface area contributed by atoms with Crippen molar-refractivity contribution in [3.63, 3.8) is 0 Å². The standard InChI is InChI=1S/C3H4BF3O3/c1-2(5)3(6,7)10-4(8)9/h8-9H,1H2. The van der Waals surface area contributed by atoms with Crippen molar-refractivity contribution >= 4 is 7.32 Å². The van der Waals surface area contributed by atoms with Gasteiger partial charge in [-0.3, -0.25) is 0 Å². The van der Waals surface area contributed by atoms with Gasteiger partial charge in [-0.05, 0) is 0 Å². The molecule has 10 heavy (non-hydrogen) atoms. The highest BCUT2D eigenvalue weighted by atomic mass is 19.3. The average Bonchev–Trinajstić information content (AvgIpc) is 1.60. The largest absolute Gasteiger partial charge is 0.638 e. The summed E-state index contributed by atoms with van der Waals surface area (Å²) in [5.74, 6) is -2.08. The zero-order chi connectivity index (χ0) is 8.36. The maximum Gasteiger partial charge on any atom is 0.638 e. The van der Waals surface area contributed by atoms with E-state index in [0.717, 1.165) is 0 Å².